The van der Waals surface area contributed by atoms with Crippen LogP contribution < -0.4 is 0 Å². The number of aryl methyl sites for hydroxylation is 2. The van der Waals surface area contributed by atoms with E-state index in [0.29, 0.717) is 29.5 Å². The molecular formula is C29H32F4. The molecule has 0 nitrogen and oxygen atoms in total. The topological polar surface area (TPSA) is 0 Å². The second-order valence-corrected chi connectivity index (χ2v) is 10.6. The molecule has 0 amide bonds. The van der Waals surface area contributed by atoms with E-state index in [1.165, 1.54) is 44.6 Å². The Labute approximate surface area is 194 Å². The first-order valence-electron chi connectivity index (χ1n) is 12.5. The van der Waals surface area contributed by atoms with Crippen molar-refractivity contribution in [2.45, 2.75) is 78.1 Å². The Morgan fingerprint density at radius 3 is 2.09 bits per heavy atom. The maximum absolute atomic E-state index is 15.0. The third-order valence-corrected chi connectivity index (χ3v) is 8.45. The zero-order valence-electron chi connectivity index (χ0n) is 19.5. The van der Waals surface area contributed by atoms with E-state index in [9.17, 15) is 13.2 Å². The predicted molar refractivity (Wildman–Crippen MR) is 124 cm³/mol. The third-order valence-electron chi connectivity index (χ3n) is 8.45. The van der Waals surface area contributed by atoms with Gasteiger partial charge in [-0.3, -0.25) is 0 Å². The Morgan fingerprint density at radius 1 is 0.758 bits per heavy atom. The zero-order valence-corrected chi connectivity index (χ0v) is 19.5. The summed E-state index contributed by atoms with van der Waals surface area (Å²) in [6.07, 6.45) is 12.5. The van der Waals surface area contributed by atoms with E-state index in [1.807, 2.05) is 0 Å². The minimum Gasteiger partial charge on any atom is -0.203 e. The highest BCUT2D eigenvalue weighted by molar-refractivity contribution is 5.78. The molecule has 5 rings (SSSR count). The highest BCUT2D eigenvalue weighted by Crippen LogP contribution is 2.44. The molecule has 1 fully saturated rings. The number of allylic oxidation sites excluding steroid dienone is 2. The van der Waals surface area contributed by atoms with Gasteiger partial charge in [0.1, 0.15) is 0 Å². The second kappa shape index (κ2) is 8.92. The van der Waals surface area contributed by atoms with Crippen molar-refractivity contribution in [2.24, 2.45) is 17.8 Å². The molecule has 0 spiro atoms. The third kappa shape index (κ3) is 4.15. The summed E-state index contributed by atoms with van der Waals surface area (Å²) in [6.45, 7) is 3.84. The number of fused-ring (bicyclic) bond motifs is 3. The number of rotatable bonds is 4. The lowest BCUT2D eigenvalue weighted by atomic mass is 9.71. The van der Waals surface area contributed by atoms with Gasteiger partial charge in [0.25, 0.3) is 0 Å². The number of halogens is 4. The van der Waals surface area contributed by atoms with Gasteiger partial charge < -0.3 is 0 Å². The maximum Gasteiger partial charge on any atom is 0.167 e. The van der Waals surface area contributed by atoms with E-state index in [0.717, 1.165) is 37.0 Å². The Kier molecular flexibility index (Phi) is 6.13. The Bertz CT molecular complexity index is 1110. The van der Waals surface area contributed by atoms with Crippen LogP contribution in [0.3, 0.4) is 0 Å². The number of hydrogen-bond acceptors (Lipinski definition) is 0. The predicted octanol–water partition coefficient (Wildman–Crippen LogP) is 8.61. The van der Waals surface area contributed by atoms with Crippen molar-refractivity contribution in [3.05, 3.63) is 69.3 Å². The highest BCUT2D eigenvalue weighted by atomic mass is 19.2. The van der Waals surface area contributed by atoms with Crippen molar-refractivity contribution in [1.82, 2.24) is 0 Å². The van der Waals surface area contributed by atoms with E-state index in [-0.39, 0.29) is 16.7 Å². The molecule has 0 aromatic heterocycles. The minimum atomic E-state index is -1.08. The normalized spacial score (nSPS) is 24.4. The van der Waals surface area contributed by atoms with Crippen LogP contribution in [0.15, 0.2) is 23.8 Å². The van der Waals surface area contributed by atoms with Crippen molar-refractivity contribution in [1.29, 1.82) is 0 Å². The lowest BCUT2D eigenvalue weighted by Gasteiger charge is -2.34. The van der Waals surface area contributed by atoms with Crippen molar-refractivity contribution in [3.63, 3.8) is 0 Å². The lowest BCUT2D eigenvalue weighted by molar-refractivity contribution is 0.199. The molecular weight excluding hydrogens is 424 g/mol. The van der Waals surface area contributed by atoms with Gasteiger partial charge >= 0.3 is 0 Å². The molecule has 1 saturated carbocycles. The van der Waals surface area contributed by atoms with Gasteiger partial charge in [0.15, 0.2) is 23.3 Å². The molecule has 4 heteroatoms. The van der Waals surface area contributed by atoms with Gasteiger partial charge in [0.2, 0.25) is 0 Å². The summed E-state index contributed by atoms with van der Waals surface area (Å²) < 4.78 is 58.6. The molecule has 176 valence electrons. The van der Waals surface area contributed by atoms with Crippen molar-refractivity contribution in [2.75, 3.05) is 0 Å². The zero-order chi connectivity index (χ0) is 23.3. The summed E-state index contributed by atoms with van der Waals surface area (Å²) in [7, 11) is 0. The quantitative estimate of drug-likeness (QED) is 0.272. The van der Waals surface area contributed by atoms with Crippen LogP contribution in [-0.4, -0.2) is 0 Å². The van der Waals surface area contributed by atoms with Crippen LogP contribution in [-0.2, 0) is 12.8 Å². The Balaban J connectivity index is 1.29. The second-order valence-electron chi connectivity index (χ2n) is 10.6. The lowest BCUT2D eigenvalue weighted by Crippen LogP contribution is -2.22. The Hall–Kier alpha value is -2.10. The van der Waals surface area contributed by atoms with Gasteiger partial charge in [0, 0.05) is 11.1 Å². The van der Waals surface area contributed by atoms with Crippen molar-refractivity contribution in [3.8, 4) is 11.1 Å². The van der Waals surface area contributed by atoms with Gasteiger partial charge in [-0.2, -0.15) is 0 Å². The summed E-state index contributed by atoms with van der Waals surface area (Å²) in [5.41, 5.74) is 2.70. The largest absolute Gasteiger partial charge is 0.203 e. The summed E-state index contributed by atoms with van der Waals surface area (Å²) in [5.74, 6) is -1.56. The van der Waals surface area contributed by atoms with Gasteiger partial charge in [-0.05, 0) is 98.3 Å². The molecule has 2 aromatic carbocycles. The molecule has 1 unspecified atom stereocenters. The van der Waals surface area contributed by atoms with Crippen LogP contribution in [0.25, 0.3) is 11.1 Å². The first-order valence-corrected chi connectivity index (χ1v) is 12.5. The fraction of sp³-hybridized carbons (Fsp3) is 0.517. The van der Waals surface area contributed by atoms with E-state index >= 15 is 4.39 Å². The maximum atomic E-state index is 15.0. The van der Waals surface area contributed by atoms with Gasteiger partial charge in [-0.1, -0.05) is 43.5 Å². The summed E-state index contributed by atoms with van der Waals surface area (Å²) in [6, 6.07) is 3.21. The first-order chi connectivity index (χ1) is 15.8. The summed E-state index contributed by atoms with van der Waals surface area (Å²) >= 11 is 0. The fourth-order valence-corrected chi connectivity index (χ4v) is 6.38. The molecule has 0 heterocycles. The monoisotopic (exact) mass is 456 g/mol. The van der Waals surface area contributed by atoms with Crippen molar-refractivity contribution >= 4 is 0 Å². The molecule has 0 bridgehead atoms. The van der Waals surface area contributed by atoms with Crippen LogP contribution in [0.2, 0.25) is 0 Å². The molecule has 3 aliphatic rings. The first kappa shape index (κ1) is 22.7. The number of benzene rings is 2. The standard InChI is InChI=1S/C29H32F4/c1-16-3-8-19(9-4-16)20-10-5-18(6-11-20)7-12-21-14-23-15-22-13-17(2)26(30)28(32)24(22)25(23)29(33)27(21)31/h5,13-14,16,19-20H,3-4,6-12,15H2,1-2H3. The molecule has 1 atom stereocenters. The molecule has 0 radical (unpaired) electrons. The average molecular weight is 457 g/mol. The molecule has 0 N–H and O–H groups in total. The highest BCUT2D eigenvalue weighted by Gasteiger charge is 2.32. The van der Waals surface area contributed by atoms with Gasteiger partial charge in [-0.25, -0.2) is 17.6 Å². The van der Waals surface area contributed by atoms with Crippen LogP contribution in [0.5, 0.6) is 0 Å². The van der Waals surface area contributed by atoms with Crippen LogP contribution in [0, 0.1) is 47.9 Å². The number of hydrogen-bond donors (Lipinski definition) is 0. The van der Waals surface area contributed by atoms with E-state index in [2.05, 4.69) is 13.0 Å². The van der Waals surface area contributed by atoms with Crippen LogP contribution in [0.4, 0.5) is 17.6 Å². The minimum absolute atomic E-state index is 0.107. The van der Waals surface area contributed by atoms with Gasteiger partial charge in [-0.15, -0.1) is 0 Å². The summed E-state index contributed by atoms with van der Waals surface area (Å²) in [5, 5.41) is 0. The SMILES string of the molecule is Cc1cc2c(c(F)c1F)-c1c(cc(CCC3=CCC(C4CCC(C)CC4)CC3)c(F)c1F)C2. The van der Waals surface area contributed by atoms with Gasteiger partial charge in [0.05, 0.1) is 0 Å². The molecule has 0 saturated heterocycles. The average Bonchev–Trinajstić information content (AvgIpc) is 3.18. The summed E-state index contributed by atoms with van der Waals surface area (Å²) in [4.78, 5) is 0. The molecule has 2 aromatic rings. The molecule has 0 aliphatic heterocycles. The molecule has 33 heavy (non-hydrogen) atoms. The van der Waals surface area contributed by atoms with E-state index in [1.54, 1.807) is 12.1 Å². The van der Waals surface area contributed by atoms with E-state index in [4.69, 9.17) is 0 Å². The van der Waals surface area contributed by atoms with Crippen LogP contribution in [0.1, 0.15) is 80.5 Å². The van der Waals surface area contributed by atoms with Crippen molar-refractivity contribution < 1.29 is 17.6 Å². The van der Waals surface area contributed by atoms with Crippen LogP contribution >= 0.6 is 0 Å². The fourth-order valence-electron chi connectivity index (χ4n) is 6.38. The van der Waals surface area contributed by atoms with E-state index < -0.39 is 23.3 Å². The Morgan fingerprint density at radius 2 is 1.42 bits per heavy atom. The molecule has 3 aliphatic carbocycles. The smallest absolute Gasteiger partial charge is 0.167 e.